The molecule has 1 aliphatic rings. The van der Waals surface area contributed by atoms with E-state index in [1.165, 1.54) is 23.0 Å². The van der Waals surface area contributed by atoms with E-state index in [-0.39, 0.29) is 24.5 Å². The fourth-order valence-electron chi connectivity index (χ4n) is 3.00. The number of carboxylic acid groups (broad SMARTS) is 1. The minimum absolute atomic E-state index is 0.0812. The first-order valence-electron chi connectivity index (χ1n) is 8.22. The highest BCUT2D eigenvalue weighted by Crippen LogP contribution is 2.25. The number of benzene rings is 1. The third-order valence-corrected chi connectivity index (χ3v) is 4.32. The van der Waals surface area contributed by atoms with Crippen LogP contribution in [0.2, 0.25) is 0 Å². The zero-order valence-electron chi connectivity index (χ0n) is 14.0. The van der Waals surface area contributed by atoms with Gasteiger partial charge in [-0.25, -0.2) is 9.07 Å². The quantitative estimate of drug-likeness (QED) is 0.800. The van der Waals surface area contributed by atoms with Crippen LogP contribution in [-0.4, -0.2) is 50.7 Å². The van der Waals surface area contributed by atoms with Crippen LogP contribution in [0.15, 0.2) is 30.5 Å². The summed E-state index contributed by atoms with van der Waals surface area (Å²) in [4.78, 5) is 23.7. The third-order valence-electron chi connectivity index (χ3n) is 4.32. The summed E-state index contributed by atoms with van der Waals surface area (Å²) >= 11 is 0. The van der Waals surface area contributed by atoms with Gasteiger partial charge in [-0.2, -0.15) is 0 Å². The number of hydrogen-bond acceptors (Lipinski definition) is 5. The van der Waals surface area contributed by atoms with Crippen molar-refractivity contribution in [1.29, 1.82) is 0 Å². The standard InChI is InChI=1S/C17H19FN4O4/c18-13-3-1-2-12(8-13)10-22-11-14(20-21-22)16(25)19-17(9-15(23)24)4-6-26-7-5-17/h1-3,8,11H,4-7,9-10H2,(H,19,25)(H,23,24). The molecule has 1 saturated heterocycles. The molecule has 8 nitrogen and oxygen atoms in total. The Morgan fingerprint density at radius 3 is 2.81 bits per heavy atom. The zero-order valence-corrected chi connectivity index (χ0v) is 14.0. The summed E-state index contributed by atoms with van der Waals surface area (Å²) in [7, 11) is 0. The van der Waals surface area contributed by atoms with Gasteiger partial charge in [-0.15, -0.1) is 5.10 Å². The summed E-state index contributed by atoms with van der Waals surface area (Å²) in [5.74, 6) is -1.82. The van der Waals surface area contributed by atoms with E-state index in [9.17, 15) is 14.0 Å². The van der Waals surface area contributed by atoms with Crippen LogP contribution in [0.1, 0.15) is 35.3 Å². The van der Waals surface area contributed by atoms with Crippen LogP contribution in [0.3, 0.4) is 0 Å². The minimum Gasteiger partial charge on any atom is -0.481 e. The van der Waals surface area contributed by atoms with Crippen molar-refractivity contribution in [3.8, 4) is 0 Å². The molecule has 1 aromatic heterocycles. The molecule has 0 radical (unpaired) electrons. The second kappa shape index (κ2) is 7.61. The van der Waals surface area contributed by atoms with E-state index >= 15 is 0 Å². The Morgan fingerprint density at radius 2 is 2.12 bits per heavy atom. The van der Waals surface area contributed by atoms with Crippen LogP contribution in [0.25, 0.3) is 0 Å². The number of carbonyl (C=O) groups is 2. The van der Waals surface area contributed by atoms with Gasteiger partial charge in [0.2, 0.25) is 0 Å². The van der Waals surface area contributed by atoms with Crippen LogP contribution in [-0.2, 0) is 16.1 Å². The average molecular weight is 362 g/mol. The van der Waals surface area contributed by atoms with Gasteiger partial charge in [-0.3, -0.25) is 9.59 Å². The van der Waals surface area contributed by atoms with E-state index in [1.54, 1.807) is 12.1 Å². The summed E-state index contributed by atoms with van der Waals surface area (Å²) in [6.07, 6.45) is 2.11. The van der Waals surface area contributed by atoms with Crippen LogP contribution < -0.4 is 5.32 Å². The number of nitrogens with zero attached hydrogens (tertiary/aromatic N) is 3. The van der Waals surface area contributed by atoms with E-state index in [2.05, 4.69) is 15.6 Å². The van der Waals surface area contributed by atoms with Gasteiger partial charge in [0.05, 0.1) is 24.7 Å². The highest BCUT2D eigenvalue weighted by Gasteiger charge is 2.37. The normalized spacial score (nSPS) is 16.2. The summed E-state index contributed by atoms with van der Waals surface area (Å²) in [6, 6.07) is 6.06. The molecule has 2 N–H and O–H groups in total. The van der Waals surface area contributed by atoms with Gasteiger partial charge < -0.3 is 15.2 Å². The Labute approximate surface area is 149 Å². The van der Waals surface area contributed by atoms with Crippen LogP contribution in [0, 0.1) is 5.82 Å². The molecular formula is C17H19FN4O4. The Bertz CT molecular complexity index is 802. The summed E-state index contributed by atoms with van der Waals surface area (Å²) in [5, 5.41) is 19.7. The molecular weight excluding hydrogens is 343 g/mol. The van der Waals surface area contributed by atoms with E-state index in [1.807, 2.05) is 0 Å². The molecule has 2 aromatic rings. The number of aliphatic carboxylic acids is 1. The molecule has 9 heteroatoms. The number of aromatic nitrogens is 3. The number of amides is 1. The number of nitrogens with one attached hydrogen (secondary N) is 1. The highest BCUT2D eigenvalue weighted by molar-refractivity contribution is 5.92. The Balaban J connectivity index is 1.69. The summed E-state index contributed by atoms with van der Waals surface area (Å²) in [5.41, 5.74) is -0.0839. The molecule has 0 bridgehead atoms. The fraction of sp³-hybridized carbons (Fsp3) is 0.412. The van der Waals surface area contributed by atoms with Crippen LogP contribution in [0.5, 0.6) is 0 Å². The lowest BCUT2D eigenvalue weighted by Crippen LogP contribution is -2.53. The average Bonchev–Trinajstić information content (AvgIpc) is 3.03. The number of halogens is 1. The molecule has 1 amide bonds. The SMILES string of the molecule is O=C(O)CC1(NC(=O)c2cn(Cc3cccc(F)c3)nn2)CCOCC1. The maximum absolute atomic E-state index is 13.2. The minimum atomic E-state index is -0.984. The molecule has 0 spiro atoms. The molecule has 0 saturated carbocycles. The molecule has 0 unspecified atom stereocenters. The second-order valence-corrected chi connectivity index (χ2v) is 6.35. The van der Waals surface area contributed by atoms with E-state index in [0.29, 0.717) is 31.6 Å². The van der Waals surface area contributed by atoms with Crippen molar-refractivity contribution in [2.75, 3.05) is 13.2 Å². The van der Waals surface area contributed by atoms with Gasteiger partial charge in [0.15, 0.2) is 5.69 Å². The number of rotatable bonds is 6. The number of ether oxygens (including phenoxy) is 1. The second-order valence-electron chi connectivity index (χ2n) is 6.35. The lowest BCUT2D eigenvalue weighted by atomic mass is 9.86. The summed E-state index contributed by atoms with van der Waals surface area (Å²) in [6.45, 7) is 1.05. The molecule has 1 aliphatic heterocycles. The topological polar surface area (TPSA) is 106 Å². The van der Waals surface area contributed by atoms with Gasteiger partial charge >= 0.3 is 5.97 Å². The maximum atomic E-state index is 13.2. The first kappa shape index (κ1) is 18.0. The predicted molar refractivity (Wildman–Crippen MR) is 88.0 cm³/mol. The predicted octanol–water partition coefficient (Wildman–Crippen LogP) is 1.22. The molecule has 0 atom stereocenters. The largest absolute Gasteiger partial charge is 0.481 e. The van der Waals surface area contributed by atoms with Crippen molar-refractivity contribution >= 4 is 11.9 Å². The first-order valence-corrected chi connectivity index (χ1v) is 8.22. The lowest BCUT2D eigenvalue weighted by molar-refractivity contribution is -0.139. The zero-order chi connectivity index (χ0) is 18.6. The molecule has 2 heterocycles. The Kier molecular flexibility index (Phi) is 5.27. The number of hydrogen-bond donors (Lipinski definition) is 2. The Morgan fingerprint density at radius 1 is 1.35 bits per heavy atom. The van der Waals surface area contributed by atoms with Crippen molar-refractivity contribution in [2.24, 2.45) is 0 Å². The van der Waals surface area contributed by atoms with E-state index < -0.39 is 17.4 Å². The van der Waals surface area contributed by atoms with Gasteiger partial charge in [-0.1, -0.05) is 17.3 Å². The first-order chi connectivity index (χ1) is 12.5. The van der Waals surface area contributed by atoms with Gasteiger partial charge in [-0.05, 0) is 30.5 Å². The molecule has 1 aromatic carbocycles. The number of carbonyl (C=O) groups excluding carboxylic acids is 1. The van der Waals surface area contributed by atoms with Crippen molar-refractivity contribution in [1.82, 2.24) is 20.3 Å². The molecule has 3 rings (SSSR count). The molecule has 26 heavy (non-hydrogen) atoms. The Hall–Kier alpha value is -2.81. The number of carboxylic acids is 1. The van der Waals surface area contributed by atoms with Gasteiger partial charge in [0, 0.05) is 13.2 Å². The molecule has 0 aliphatic carbocycles. The fourth-order valence-corrected chi connectivity index (χ4v) is 3.00. The van der Waals surface area contributed by atoms with Gasteiger partial charge in [0.25, 0.3) is 5.91 Å². The van der Waals surface area contributed by atoms with Crippen molar-refractivity contribution in [3.63, 3.8) is 0 Å². The lowest BCUT2D eigenvalue weighted by Gasteiger charge is -2.36. The monoisotopic (exact) mass is 362 g/mol. The van der Waals surface area contributed by atoms with Gasteiger partial charge in [0.1, 0.15) is 5.82 Å². The summed E-state index contributed by atoms with van der Waals surface area (Å²) < 4.78 is 19.9. The molecule has 1 fully saturated rings. The third kappa shape index (κ3) is 4.42. The van der Waals surface area contributed by atoms with Crippen molar-refractivity contribution < 1.29 is 23.8 Å². The maximum Gasteiger partial charge on any atom is 0.305 e. The van der Waals surface area contributed by atoms with E-state index in [4.69, 9.17) is 9.84 Å². The van der Waals surface area contributed by atoms with Crippen LogP contribution in [0.4, 0.5) is 4.39 Å². The van der Waals surface area contributed by atoms with E-state index in [0.717, 1.165) is 0 Å². The highest BCUT2D eigenvalue weighted by atomic mass is 19.1. The smallest absolute Gasteiger partial charge is 0.305 e. The molecule has 138 valence electrons. The van der Waals surface area contributed by atoms with Crippen molar-refractivity contribution in [2.45, 2.75) is 31.3 Å². The van der Waals surface area contributed by atoms with Crippen LogP contribution >= 0.6 is 0 Å². The van der Waals surface area contributed by atoms with Crippen molar-refractivity contribution in [3.05, 3.63) is 47.5 Å².